The molecule has 0 aliphatic carbocycles. The second-order valence-electron chi connectivity index (χ2n) is 7.82. The molecule has 4 rings (SSSR count). The highest BCUT2D eigenvalue weighted by Crippen LogP contribution is 2.43. The van der Waals surface area contributed by atoms with E-state index in [2.05, 4.69) is 5.32 Å². The lowest BCUT2D eigenvalue weighted by Gasteiger charge is -2.32. The maximum atomic E-state index is 14.0. The summed E-state index contributed by atoms with van der Waals surface area (Å²) < 4.78 is 41.6. The van der Waals surface area contributed by atoms with Crippen LogP contribution in [0, 0.1) is 19.7 Å². The largest absolute Gasteiger partial charge is 0.348 e. The summed E-state index contributed by atoms with van der Waals surface area (Å²) in [4.78, 5) is 12.9. The quantitative estimate of drug-likeness (QED) is 0.652. The van der Waals surface area contributed by atoms with Crippen LogP contribution in [0.25, 0.3) is 11.1 Å². The summed E-state index contributed by atoms with van der Waals surface area (Å²) in [5, 5.41) is 2.90. The predicted octanol–water partition coefficient (Wildman–Crippen LogP) is 4.50. The predicted molar refractivity (Wildman–Crippen MR) is 119 cm³/mol. The summed E-state index contributed by atoms with van der Waals surface area (Å²) in [5.74, 6) is -0.910. The third-order valence-electron chi connectivity index (χ3n) is 5.54. The normalized spacial score (nSPS) is 15.0. The van der Waals surface area contributed by atoms with E-state index in [0.717, 1.165) is 21.0 Å². The Morgan fingerprint density at radius 1 is 1.03 bits per heavy atom. The van der Waals surface area contributed by atoms with Crippen molar-refractivity contribution < 1.29 is 17.6 Å². The smallest absolute Gasteiger partial charge is 0.265 e. The van der Waals surface area contributed by atoms with Crippen LogP contribution in [0.3, 0.4) is 0 Å². The number of benzene rings is 3. The fourth-order valence-electron chi connectivity index (χ4n) is 4.00. The molecule has 1 aliphatic rings. The van der Waals surface area contributed by atoms with Crippen molar-refractivity contribution in [2.45, 2.75) is 31.7 Å². The first-order chi connectivity index (χ1) is 14.7. The van der Waals surface area contributed by atoms with Crippen molar-refractivity contribution in [1.29, 1.82) is 0 Å². The molecule has 0 bridgehead atoms. The number of fused-ring (bicyclic) bond motifs is 3. The molecule has 7 heteroatoms. The van der Waals surface area contributed by atoms with Gasteiger partial charge in [0.05, 0.1) is 16.6 Å². The van der Waals surface area contributed by atoms with Gasteiger partial charge in [-0.2, -0.15) is 0 Å². The number of carbonyl (C=O) groups excluding carboxylic acids is 1. The summed E-state index contributed by atoms with van der Waals surface area (Å²) in [6, 6.07) is 16.0. The van der Waals surface area contributed by atoms with Crippen LogP contribution in [-0.4, -0.2) is 20.9 Å². The van der Waals surface area contributed by atoms with Crippen LogP contribution in [0.2, 0.25) is 0 Å². The molecule has 0 radical (unpaired) electrons. The lowest BCUT2D eigenvalue weighted by Crippen LogP contribution is -2.43. The minimum atomic E-state index is -3.97. The van der Waals surface area contributed by atoms with Gasteiger partial charge < -0.3 is 5.32 Å². The molecule has 3 aromatic rings. The van der Waals surface area contributed by atoms with Crippen molar-refractivity contribution in [3.05, 3.63) is 83.2 Å². The van der Waals surface area contributed by atoms with Crippen molar-refractivity contribution >= 4 is 21.6 Å². The van der Waals surface area contributed by atoms with E-state index in [9.17, 15) is 17.6 Å². The highest BCUT2D eigenvalue weighted by molar-refractivity contribution is 7.93. The number of hydrogen-bond donors (Lipinski definition) is 1. The molecule has 0 saturated carbocycles. The van der Waals surface area contributed by atoms with E-state index in [4.69, 9.17) is 0 Å². The van der Waals surface area contributed by atoms with Gasteiger partial charge >= 0.3 is 0 Å². The Kier molecular flexibility index (Phi) is 5.31. The van der Waals surface area contributed by atoms with E-state index in [-0.39, 0.29) is 16.6 Å². The second kappa shape index (κ2) is 7.81. The molecule has 31 heavy (non-hydrogen) atoms. The number of halogens is 1. The fourth-order valence-corrected chi connectivity index (χ4v) is 5.64. The molecule has 0 unspecified atom stereocenters. The van der Waals surface area contributed by atoms with Gasteiger partial charge in [-0.05, 0) is 56.2 Å². The molecule has 1 atom stereocenters. The van der Waals surface area contributed by atoms with Gasteiger partial charge in [0.25, 0.3) is 10.0 Å². The molecule has 1 N–H and O–H groups in total. The summed E-state index contributed by atoms with van der Waals surface area (Å²) in [6.45, 7) is 5.41. The Morgan fingerprint density at radius 2 is 1.77 bits per heavy atom. The van der Waals surface area contributed by atoms with Crippen molar-refractivity contribution in [2.75, 3.05) is 10.8 Å². The molecule has 0 spiro atoms. The van der Waals surface area contributed by atoms with Crippen LogP contribution in [0.1, 0.15) is 29.7 Å². The Labute approximate surface area is 181 Å². The van der Waals surface area contributed by atoms with Crippen molar-refractivity contribution in [3.8, 4) is 11.1 Å². The molecule has 0 saturated heterocycles. The number of carbonyl (C=O) groups is 1. The summed E-state index contributed by atoms with van der Waals surface area (Å²) in [6.07, 6.45) is 0. The van der Waals surface area contributed by atoms with Crippen LogP contribution in [0.15, 0.2) is 65.6 Å². The number of hydrogen-bond acceptors (Lipinski definition) is 3. The van der Waals surface area contributed by atoms with Crippen LogP contribution in [0.5, 0.6) is 0 Å². The average molecular weight is 439 g/mol. The minimum Gasteiger partial charge on any atom is -0.348 e. The van der Waals surface area contributed by atoms with Gasteiger partial charge in [0, 0.05) is 11.1 Å². The molecule has 160 valence electrons. The zero-order chi connectivity index (χ0) is 22.3. The van der Waals surface area contributed by atoms with E-state index in [1.54, 1.807) is 18.2 Å². The summed E-state index contributed by atoms with van der Waals surface area (Å²) >= 11 is 0. The molecule has 3 aromatic carbocycles. The Balaban J connectivity index is 1.67. The van der Waals surface area contributed by atoms with Crippen LogP contribution >= 0.6 is 0 Å². The van der Waals surface area contributed by atoms with Crippen LogP contribution in [-0.2, 0) is 14.8 Å². The van der Waals surface area contributed by atoms with Gasteiger partial charge in [0.1, 0.15) is 12.4 Å². The Morgan fingerprint density at radius 3 is 2.55 bits per heavy atom. The van der Waals surface area contributed by atoms with Crippen molar-refractivity contribution in [1.82, 2.24) is 5.32 Å². The number of rotatable bonds is 4. The first-order valence-electron chi connectivity index (χ1n) is 9.96. The fraction of sp³-hybridized carbons (Fsp3) is 0.208. The van der Waals surface area contributed by atoms with Crippen LogP contribution in [0.4, 0.5) is 10.1 Å². The molecule has 1 heterocycles. The maximum Gasteiger partial charge on any atom is 0.265 e. The monoisotopic (exact) mass is 438 g/mol. The Bertz CT molecular complexity index is 1290. The molecule has 1 amide bonds. The highest BCUT2D eigenvalue weighted by Gasteiger charge is 2.36. The number of anilines is 1. The standard InChI is InChI=1S/C24H23FN2O3S/c1-15-8-9-16(2)20(12-15)17(3)26-24(28)14-27-22-11-10-18(25)13-21(22)19-6-4-5-7-23(19)31(27,29)30/h4-13,17H,14H2,1-3H3,(H,26,28)/t17-/m0/s1. The van der Waals surface area contributed by atoms with E-state index < -0.39 is 28.3 Å². The summed E-state index contributed by atoms with van der Waals surface area (Å²) in [5.41, 5.74) is 4.25. The van der Waals surface area contributed by atoms with E-state index in [0.29, 0.717) is 11.1 Å². The van der Waals surface area contributed by atoms with Gasteiger partial charge in [-0.3, -0.25) is 9.10 Å². The Hall–Kier alpha value is -3.19. The topological polar surface area (TPSA) is 66.5 Å². The van der Waals surface area contributed by atoms with E-state index in [1.165, 1.54) is 24.3 Å². The van der Waals surface area contributed by atoms with Crippen molar-refractivity contribution in [3.63, 3.8) is 0 Å². The first kappa shape index (κ1) is 21.1. The lowest BCUT2D eigenvalue weighted by atomic mass is 10.00. The lowest BCUT2D eigenvalue weighted by molar-refractivity contribution is -0.120. The molecule has 0 fully saturated rings. The third kappa shape index (κ3) is 3.81. The van der Waals surface area contributed by atoms with E-state index >= 15 is 0 Å². The average Bonchev–Trinajstić information content (AvgIpc) is 2.73. The number of sulfonamides is 1. The molecular formula is C24H23FN2O3S. The van der Waals surface area contributed by atoms with Gasteiger partial charge in [0.15, 0.2) is 0 Å². The zero-order valence-electron chi connectivity index (χ0n) is 17.5. The van der Waals surface area contributed by atoms with Gasteiger partial charge in [0.2, 0.25) is 5.91 Å². The molecule has 0 aromatic heterocycles. The number of amides is 1. The zero-order valence-corrected chi connectivity index (χ0v) is 18.3. The first-order valence-corrected chi connectivity index (χ1v) is 11.4. The highest BCUT2D eigenvalue weighted by atomic mass is 32.2. The number of nitrogens with zero attached hydrogens (tertiary/aromatic N) is 1. The van der Waals surface area contributed by atoms with Gasteiger partial charge in [-0.1, -0.05) is 42.0 Å². The SMILES string of the molecule is Cc1ccc(C)c([C@H](C)NC(=O)CN2c3ccc(F)cc3-c3ccccc3S2(=O)=O)c1. The number of nitrogens with one attached hydrogen (secondary N) is 1. The summed E-state index contributed by atoms with van der Waals surface area (Å²) in [7, 11) is -3.97. The van der Waals surface area contributed by atoms with Crippen molar-refractivity contribution in [2.24, 2.45) is 0 Å². The van der Waals surface area contributed by atoms with Gasteiger partial charge in [-0.15, -0.1) is 0 Å². The number of aryl methyl sites for hydroxylation is 2. The van der Waals surface area contributed by atoms with Gasteiger partial charge in [-0.25, -0.2) is 12.8 Å². The molecule has 1 aliphatic heterocycles. The van der Waals surface area contributed by atoms with Crippen LogP contribution < -0.4 is 9.62 Å². The second-order valence-corrected chi connectivity index (χ2v) is 9.65. The third-order valence-corrected chi connectivity index (χ3v) is 7.36. The minimum absolute atomic E-state index is 0.0588. The maximum absolute atomic E-state index is 14.0. The molecule has 5 nitrogen and oxygen atoms in total. The van der Waals surface area contributed by atoms with E-state index in [1.807, 2.05) is 39.0 Å². The molecular weight excluding hydrogens is 415 g/mol.